The quantitative estimate of drug-likeness (QED) is 0.775. The van der Waals surface area contributed by atoms with Gasteiger partial charge in [0, 0.05) is 5.75 Å². The number of carbonyl (C=O) groups is 1. The van der Waals surface area contributed by atoms with E-state index < -0.39 is 5.97 Å². The van der Waals surface area contributed by atoms with Crippen LogP contribution in [0.3, 0.4) is 0 Å². The van der Waals surface area contributed by atoms with E-state index in [0.717, 1.165) is 28.4 Å². The minimum atomic E-state index is -1.09. The molecule has 0 saturated carbocycles. The van der Waals surface area contributed by atoms with E-state index in [1.807, 2.05) is 25.1 Å². The number of hydrogen-bond donors (Lipinski definition) is 1. The molecule has 0 bridgehead atoms. The van der Waals surface area contributed by atoms with Crippen molar-refractivity contribution in [2.45, 2.75) is 12.1 Å². The summed E-state index contributed by atoms with van der Waals surface area (Å²) in [7, 11) is 0. The predicted octanol–water partition coefficient (Wildman–Crippen LogP) is 0.713. The number of carboxylic acid groups (broad SMARTS) is 1. The Morgan fingerprint density at radius 2 is 2.40 bits per heavy atom. The monoisotopic (exact) mass is 221 g/mol. The summed E-state index contributed by atoms with van der Waals surface area (Å²) in [5, 5.41) is 10.9. The molecular formula is C10H9N2O2S-. The number of carboxylic acids is 1. The number of aromatic amines is 1. The minimum absolute atomic E-state index is 0.0845. The highest BCUT2D eigenvalue weighted by Crippen LogP contribution is 2.21. The number of nitrogens with zero attached hydrogens (tertiary/aromatic N) is 1. The Kier molecular flexibility index (Phi) is 2.64. The molecule has 1 heterocycles. The van der Waals surface area contributed by atoms with Gasteiger partial charge in [-0.25, -0.2) is 4.98 Å². The summed E-state index contributed by atoms with van der Waals surface area (Å²) in [5.41, 5.74) is 2.89. The Labute approximate surface area is 90.7 Å². The van der Waals surface area contributed by atoms with Crippen LogP contribution in [0.5, 0.6) is 0 Å². The molecule has 78 valence electrons. The number of aryl methyl sites for hydroxylation is 1. The maximum atomic E-state index is 10.3. The van der Waals surface area contributed by atoms with Gasteiger partial charge in [0.25, 0.3) is 0 Å². The van der Waals surface area contributed by atoms with Crippen molar-refractivity contribution < 1.29 is 9.90 Å². The molecule has 0 fully saturated rings. The molecule has 0 saturated heterocycles. The number of H-pyrrole nitrogens is 1. The number of rotatable bonds is 3. The normalized spacial score (nSPS) is 10.7. The van der Waals surface area contributed by atoms with Gasteiger partial charge < -0.3 is 14.9 Å². The molecule has 0 radical (unpaired) electrons. The van der Waals surface area contributed by atoms with Crippen molar-refractivity contribution in [3.8, 4) is 0 Å². The Hall–Kier alpha value is -1.49. The Morgan fingerprint density at radius 3 is 3.07 bits per heavy atom. The summed E-state index contributed by atoms with van der Waals surface area (Å²) in [4.78, 5) is 17.6. The summed E-state index contributed by atoms with van der Waals surface area (Å²) >= 11 is 1.13. The maximum absolute atomic E-state index is 10.3. The Bertz CT molecular complexity index is 507. The van der Waals surface area contributed by atoms with Crippen LogP contribution in [0.25, 0.3) is 11.0 Å². The third kappa shape index (κ3) is 2.12. The van der Waals surface area contributed by atoms with Crippen molar-refractivity contribution in [2.24, 2.45) is 0 Å². The summed E-state index contributed by atoms with van der Waals surface area (Å²) < 4.78 is 0. The highest BCUT2D eigenvalue weighted by atomic mass is 32.2. The van der Waals surface area contributed by atoms with Crippen LogP contribution in [-0.2, 0) is 4.79 Å². The molecule has 2 aromatic rings. The van der Waals surface area contributed by atoms with Gasteiger partial charge in [-0.3, -0.25) is 0 Å². The Morgan fingerprint density at radius 1 is 1.60 bits per heavy atom. The number of para-hydroxylation sites is 1. The molecule has 0 aliphatic rings. The van der Waals surface area contributed by atoms with Gasteiger partial charge in [-0.1, -0.05) is 23.9 Å². The first-order valence-corrected chi connectivity index (χ1v) is 5.43. The maximum Gasteiger partial charge on any atom is 0.166 e. The molecule has 0 aliphatic carbocycles. The smallest absolute Gasteiger partial charge is 0.166 e. The van der Waals surface area contributed by atoms with Crippen molar-refractivity contribution >= 4 is 28.8 Å². The van der Waals surface area contributed by atoms with Crippen LogP contribution in [0, 0.1) is 6.92 Å². The lowest BCUT2D eigenvalue weighted by atomic mass is 10.2. The molecule has 0 spiro atoms. The number of benzene rings is 1. The molecular weight excluding hydrogens is 212 g/mol. The molecule has 0 unspecified atom stereocenters. The van der Waals surface area contributed by atoms with Crippen molar-refractivity contribution in [1.82, 2.24) is 9.97 Å². The average Bonchev–Trinajstić information content (AvgIpc) is 2.59. The second-order valence-electron chi connectivity index (χ2n) is 3.17. The first kappa shape index (κ1) is 10.0. The first-order chi connectivity index (χ1) is 7.16. The van der Waals surface area contributed by atoms with E-state index >= 15 is 0 Å². The van der Waals surface area contributed by atoms with Crippen LogP contribution in [0.4, 0.5) is 0 Å². The van der Waals surface area contributed by atoms with E-state index in [2.05, 4.69) is 9.97 Å². The van der Waals surface area contributed by atoms with Crippen molar-refractivity contribution in [2.75, 3.05) is 5.75 Å². The van der Waals surface area contributed by atoms with E-state index in [-0.39, 0.29) is 5.75 Å². The number of aromatic nitrogens is 2. The highest BCUT2D eigenvalue weighted by Gasteiger charge is 2.04. The first-order valence-electron chi connectivity index (χ1n) is 4.45. The van der Waals surface area contributed by atoms with E-state index in [0.29, 0.717) is 5.16 Å². The number of aliphatic carboxylic acids is 1. The highest BCUT2D eigenvalue weighted by molar-refractivity contribution is 7.99. The molecule has 0 atom stereocenters. The zero-order valence-electron chi connectivity index (χ0n) is 8.11. The van der Waals surface area contributed by atoms with Crippen molar-refractivity contribution in [3.63, 3.8) is 0 Å². The van der Waals surface area contributed by atoms with E-state index in [1.54, 1.807) is 0 Å². The zero-order valence-corrected chi connectivity index (χ0v) is 8.93. The average molecular weight is 221 g/mol. The van der Waals surface area contributed by atoms with Crippen LogP contribution >= 0.6 is 11.8 Å². The van der Waals surface area contributed by atoms with Gasteiger partial charge in [-0.15, -0.1) is 0 Å². The second-order valence-corrected chi connectivity index (χ2v) is 4.14. The number of nitrogens with one attached hydrogen (secondary N) is 1. The standard InChI is InChI=1S/C10H10N2O2S/c1-6-3-2-4-7-9(6)12-10(11-7)15-5-8(13)14/h2-4H,5H2,1H3,(H,11,12)(H,13,14)/p-1. The van der Waals surface area contributed by atoms with E-state index in [1.165, 1.54) is 0 Å². The lowest BCUT2D eigenvalue weighted by molar-refractivity contribution is -0.301. The van der Waals surface area contributed by atoms with Gasteiger partial charge >= 0.3 is 0 Å². The van der Waals surface area contributed by atoms with Crippen LogP contribution in [0.2, 0.25) is 0 Å². The SMILES string of the molecule is Cc1cccc2[nH]c(SCC(=O)[O-])nc12. The molecule has 15 heavy (non-hydrogen) atoms. The lowest BCUT2D eigenvalue weighted by Gasteiger charge is -1.96. The van der Waals surface area contributed by atoms with Crippen LogP contribution < -0.4 is 5.11 Å². The predicted molar refractivity (Wildman–Crippen MR) is 56.6 cm³/mol. The van der Waals surface area contributed by atoms with Crippen LogP contribution in [0.1, 0.15) is 5.56 Å². The largest absolute Gasteiger partial charge is 0.549 e. The van der Waals surface area contributed by atoms with E-state index in [4.69, 9.17) is 0 Å². The molecule has 1 aromatic heterocycles. The summed E-state index contributed by atoms with van der Waals surface area (Å²) in [5.74, 6) is -1.17. The summed E-state index contributed by atoms with van der Waals surface area (Å²) in [6.07, 6.45) is 0. The number of carbonyl (C=O) groups excluding carboxylic acids is 1. The fourth-order valence-electron chi connectivity index (χ4n) is 1.35. The number of fused-ring (bicyclic) bond motifs is 1. The topological polar surface area (TPSA) is 68.8 Å². The molecule has 4 nitrogen and oxygen atoms in total. The molecule has 5 heteroatoms. The molecule has 2 rings (SSSR count). The van der Waals surface area contributed by atoms with Gasteiger partial charge in [0.2, 0.25) is 0 Å². The second kappa shape index (κ2) is 3.94. The number of hydrogen-bond acceptors (Lipinski definition) is 4. The number of imidazole rings is 1. The van der Waals surface area contributed by atoms with Gasteiger partial charge in [0.15, 0.2) is 5.16 Å². The van der Waals surface area contributed by atoms with Gasteiger partial charge in [0.1, 0.15) is 0 Å². The van der Waals surface area contributed by atoms with Crippen LogP contribution in [0.15, 0.2) is 23.4 Å². The van der Waals surface area contributed by atoms with Gasteiger partial charge in [-0.2, -0.15) is 0 Å². The fourth-order valence-corrected chi connectivity index (χ4v) is 1.94. The van der Waals surface area contributed by atoms with Gasteiger partial charge in [0.05, 0.1) is 17.0 Å². The van der Waals surface area contributed by atoms with Crippen molar-refractivity contribution in [3.05, 3.63) is 23.8 Å². The fraction of sp³-hybridized carbons (Fsp3) is 0.200. The van der Waals surface area contributed by atoms with Gasteiger partial charge in [-0.05, 0) is 18.6 Å². The molecule has 1 aromatic carbocycles. The summed E-state index contributed by atoms with van der Waals surface area (Å²) in [6, 6.07) is 5.82. The lowest BCUT2D eigenvalue weighted by Crippen LogP contribution is -2.24. The number of thioether (sulfide) groups is 1. The van der Waals surface area contributed by atoms with E-state index in [9.17, 15) is 9.90 Å². The van der Waals surface area contributed by atoms with Crippen molar-refractivity contribution in [1.29, 1.82) is 0 Å². The van der Waals surface area contributed by atoms with Crippen LogP contribution in [-0.4, -0.2) is 21.7 Å². The minimum Gasteiger partial charge on any atom is -0.549 e. The molecule has 0 aliphatic heterocycles. The molecule has 0 amide bonds. The molecule has 1 N–H and O–H groups in total. The third-order valence-electron chi connectivity index (χ3n) is 2.02. The summed E-state index contributed by atoms with van der Waals surface area (Å²) in [6.45, 7) is 1.97. The Balaban J connectivity index is 2.31. The zero-order chi connectivity index (χ0) is 10.8. The third-order valence-corrected chi connectivity index (χ3v) is 2.87.